The van der Waals surface area contributed by atoms with Crippen molar-refractivity contribution in [3.05, 3.63) is 112 Å². The molecule has 0 aliphatic carbocycles. The fourth-order valence-corrected chi connectivity index (χ4v) is 4.99. The van der Waals surface area contributed by atoms with Gasteiger partial charge in [0.1, 0.15) is 6.04 Å². The first-order valence-corrected chi connectivity index (χ1v) is 11.7. The number of aryl methyl sites for hydroxylation is 2. The summed E-state index contributed by atoms with van der Waals surface area (Å²) in [4.78, 5) is 6.89. The Balaban J connectivity index is 1.69. The van der Waals surface area contributed by atoms with E-state index in [0.29, 0.717) is 5.11 Å². The molecule has 0 saturated carbocycles. The molecule has 6 heteroatoms. The van der Waals surface area contributed by atoms with E-state index in [1.807, 2.05) is 18.3 Å². The van der Waals surface area contributed by atoms with Crippen LogP contribution >= 0.6 is 28.1 Å². The molecular weight excluding hydrogens is 480 g/mol. The summed E-state index contributed by atoms with van der Waals surface area (Å²) < 4.78 is 3.35. The minimum Gasteiger partial charge on any atom is -0.351 e. The number of hydrogen-bond acceptors (Lipinski definition) is 2. The van der Waals surface area contributed by atoms with E-state index in [2.05, 4.69) is 116 Å². The summed E-state index contributed by atoms with van der Waals surface area (Å²) in [6.45, 7) is 4.24. The van der Waals surface area contributed by atoms with Gasteiger partial charge < -0.3 is 14.8 Å². The van der Waals surface area contributed by atoms with Gasteiger partial charge in [-0.05, 0) is 85.7 Å². The molecule has 5 rings (SSSR count). The van der Waals surface area contributed by atoms with Crippen LogP contribution in [0.3, 0.4) is 0 Å². The van der Waals surface area contributed by atoms with Gasteiger partial charge in [0.2, 0.25) is 0 Å². The Morgan fingerprint density at radius 3 is 2.50 bits per heavy atom. The molecular formula is C26H23BrN4S. The predicted molar refractivity (Wildman–Crippen MR) is 137 cm³/mol. The van der Waals surface area contributed by atoms with Gasteiger partial charge in [0.15, 0.2) is 5.11 Å². The Hall–Kier alpha value is -2.96. The Morgan fingerprint density at radius 2 is 1.75 bits per heavy atom. The Morgan fingerprint density at radius 1 is 0.938 bits per heavy atom. The molecule has 160 valence electrons. The van der Waals surface area contributed by atoms with Gasteiger partial charge in [0.05, 0.1) is 11.7 Å². The molecule has 2 atom stereocenters. The number of anilines is 1. The number of benzene rings is 2. The summed E-state index contributed by atoms with van der Waals surface area (Å²) >= 11 is 9.50. The van der Waals surface area contributed by atoms with Crippen molar-refractivity contribution in [3.8, 4) is 5.69 Å². The zero-order valence-corrected chi connectivity index (χ0v) is 20.3. The molecule has 32 heavy (non-hydrogen) atoms. The molecule has 4 nitrogen and oxygen atoms in total. The van der Waals surface area contributed by atoms with Gasteiger partial charge in [-0.2, -0.15) is 0 Å². The highest BCUT2D eigenvalue weighted by Crippen LogP contribution is 2.43. The van der Waals surface area contributed by atoms with Crippen LogP contribution in [-0.4, -0.2) is 14.7 Å². The van der Waals surface area contributed by atoms with Crippen molar-refractivity contribution in [3.63, 3.8) is 0 Å². The third-order valence-corrected chi connectivity index (χ3v) is 7.18. The lowest BCUT2D eigenvalue weighted by Gasteiger charge is -2.29. The average molecular weight is 503 g/mol. The van der Waals surface area contributed by atoms with E-state index >= 15 is 0 Å². The van der Waals surface area contributed by atoms with Crippen LogP contribution in [-0.2, 0) is 0 Å². The number of thiocarbonyl (C=S) groups is 1. The summed E-state index contributed by atoms with van der Waals surface area (Å²) in [6.07, 6.45) is 3.96. The van der Waals surface area contributed by atoms with Crippen molar-refractivity contribution in [2.24, 2.45) is 0 Å². The second-order valence-corrected chi connectivity index (χ2v) is 9.26. The van der Waals surface area contributed by atoms with Crippen LogP contribution in [0.1, 0.15) is 34.6 Å². The van der Waals surface area contributed by atoms with Crippen molar-refractivity contribution in [2.45, 2.75) is 25.9 Å². The van der Waals surface area contributed by atoms with Crippen LogP contribution < -0.4 is 10.2 Å². The third kappa shape index (κ3) is 3.63. The van der Waals surface area contributed by atoms with Crippen LogP contribution in [0.2, 0.25) is 0 Å². The minimum atomic E-state index is -0.0784. The van der Waals surface area contributed by atoms with Gasteiger partial charge in [0, 0.05) is 33.9 Å². The molecule has 1 fully saturated rings. The number of nitrogens with one attached hydrogen (secondary N) is 1. The average Bonchev–Trinajstić information content (AvgIpc) is 3.41. The molecule has 1 saturated heterocycles. The Labute approximate surface area is 202 Å². The molecule has 3 heterocycles. The molecule has 2 aromatic heterocycles. The maximum absolute atomic E-state index is 5.88. The number of pyridine rings is 1. The van der Waals surface area contributed by atoms with Crippen LogP contribution in [0.15, 0.2) is 89.7 Å². The third-order valence-electron chi connectivity index (χ3n) is 5.98. The number of para-hydroxylation sites is 1. The highest BCUT2D eigenvalue weighted by atomic mass is 79.9. The van der Waals surface area contributed by atoms with Crippen molar-refractivity contribution < 1.29 is 0 Å². The van der Waals surface area contributed by atoms with Crippen molar-refractivity contribution in [2.75, 3.05) is 4.90 Å². The van der Waals surface area contributed by atoms with Gasteiger partial charge in [-0.1, -0.05) is 40.2 Å². The van der Waals surface area contributed by atoms with E-state index in [0.717, 1.165) is 27.2 Å². The fraction of sp³-hybridized carbons (Fsp3) is 0.154. The van der Waals surface area contributed by atoms with E-state index in [9.17, 15) is 0 Å². The molecule has 0 bridgehead atoms. The van der Waals surface area contributed by atoms with Gasteiger partial charge in [0.25, 0.3) is 0 Å². The second-order valence-electron chi connectivity index (χ2n) is 8.02. The maximum atomic E-state index is 5.88. The lowest BCUT2D eigenvalue weighted by Crippen LogP contribution is -2.30. The molecule has 1 aliphatic rings. The predicted octanol–water partition coefficient (Wildman–Crippen LogP) is 6.43. The van der Waals surface area contributed by atoms with Crippen LogP contribution in [0.25, 0.3) is 5.69 Å². The molecule has 2 aromatic carbocycles. The topological polar surface area (TPSA) is 33.1 Å². The lowest BCUT2D eigenvalue weighted by atomic mass is 10.00. The minimum absolute atomic E-state index is 0.0624. The summed E-state index contributed by atoms with van der Waals surface area (Å²) in [5.41, 5.74) is 6.73. The molecule has 0 radical (unpaired) electrons. The quantitative estimate of drug-likeness (QED) is 0.326. The zero-order valence-electron chi connectivity index (χ0n) is 17.9. The van der Waals surface area contributed by atoms with Gasteiger partial charge in [-0.25, -0.2) is 0 Å². The van der Waals surface area contributed by atoms with Crippen molar-refractivity contribution in [1.82, 2.24) is 14.9 Å². The smallest absolute Gasteiger partial charge is 0.174 e. The van der Waals surface area contributed by atoms with E-state index in [1.165, 1.54) is 11.1 Å². The first kappa shape index (κ1) is 20.9. The van der Waals surface area contributed by atoms with E-state index in [4.69, 9.17) is 12.2 Å². The molecule has 0 unspecified atom stereocenters. The number of rotatable bonds is 4. The number of aromatic nitrogens is 2. The van der Waals surface area contributed by atoms with E-state index in [1.54, 1.807) is 0 Å². The fourth-order valence-electron chi connectivity index (χ4n) is 4.40. The van der Waals surface area contributed by atoms with Crippen molar-refractivity contribution >= 4 is 38.9 Å². The Bertz CT molecular complexity index is 1280. The van der Waals surface area contributed by atoms with Crippen LogP contribution in [0, 0.1) is 13.8 Å². The molecule has 0 amide bonds. The summed E-state index contributed by atoms with van der Waals surface area (Å²) in [7, 11) is 0. The largest absolute Gasteiger partial charge is 0.351 e. The Kier molecular flexibility index (Phi) is 5.57. The van der Waals surface area contributed by atoms with Crippen LogP contribution in [0.5, 0.6) is 0 Å². The second kappa shape index (κ2) is 8.52. The van der Waals surface area contributed by atoms with Gasteiger partial charge >= 0.3 is 0 Å². The zero-order chi connectivity index (χ0) is 22.2. The first-order valence-electron chi connectivity index (χ1n) is 10.5. The lowest BCUT2D eigenvalue weighted by molar-refractivity contribution is 0.549. The van der Waals surface area contributed by atoms with Crippen LogP contribution in [0.4, 0.5) is 5.69 Å². The van der Waals surface area contributed by atoms with Gasteiger partial charge in [-0.3, -0.25) is 4.98 Å². The highest BCUT2D eigenvalue weighted by Gasteiger charge is 2.42. The highest BCUT2D eigenvalue weighted by molar-refractivity contribution is 9.10. The first-order chi connectivity index (χ1) is 15.5. The number of hydrogen-bond donors (Lipinski definition) is 1. The van der Waals surface area contributed by atoms with E-state index in [-0.39, 0.29) is 12.1 Å². The SMILES string of the molecule is Cc1cc(N2C(=S)N[C@H](c3ccccn3)[C@H]2c2cccn2-c2ccccc2C)ccc1Br. The summed E-state index contributed by atoms with van der Waals surface area (Å²) in [5.74, 6) is 0. The normalized spacial score (nSPS) is 18.1. The van der Waals surface area contributed by atoms with E-state index < -0.39 is 0 Å². The molecule has 0 spiro atoms. The summed E-state index contributed by atoms with van der Waals surface area (Å²) in [5, 5.41) is 4.25. The maximum Gasteiger partial charge on any atom is 0.174 e. The van der Waals surface area contributed by atoms with Gasteiger partial charge in [-0.15, -0.1) is 0 Å². The monoisotopic (exact) mass is 502 g/mol. The molecule has 1 N–H and O–H groups in total. The van der Waals surface area contributed by atoms with Crippen molar-refractivity contribution in [1.29, 1.82) is 0 Å². The standard InChI is InChI=1S/C26H23BrN4S/c1-17-8-3-4-10-22(17)30-15-7-11-23(30)25-24(21-9-5-6-14-28-21)29-26(32)31(25)19-12-13-20(27)18(2)16-19/h3-16,24-25H,1-2H3,(H,29,32)/t24-,25-/m1/s1. The number of nitrogens with zero attached hydrogens (tertiary/aromatic N) is 3. The number of halogens is 1. The summed E-state index contributed by atoms with van der Waals surface area (Å²) in [6, 6.07) is 25.0. The molecule has 1 aliphatic heterocycles. The molecule has 4 aromatic rings.